The van der Waals surface area contributed by atoms with Crippen LogP contribution in [0.25, 0.3) is 33.4 Å². The fourth-order valence-corrected chi connectivity index (χ4v) is 4.49. The topological polar surface area (TPSA) is 67.0 Å². The van der Waals surface area contributed by atoms with E-state index in [2.05, 4.69) is 39.3 Å². The highest BCUT2D eigenvalue weighted by molar-refractivity contribution is 6.09. The maximum Gasteiger partial charge on any atom is 0.237 e. The van der Waals surface area contributed by atoms with Gasteiger partial charge in [-0.15, -0.1) is 0 Å². The predicted octanol–water partition coefficient (Wildman–Crippen LogP) is 6.18. The SMILES string of the molecule is COc1ccnc(-n2c3ccccc3c3ccc(Oc4cccc(-n5nc(C)cc5C)c4)cc32)n1. The average molecular weight is 462 g/mol. The van der Waals surface area contributed by atoms with Gasteiger partial charge in [0.15, 0.2) is 0 Å². The van der Waals surface area contributed by atoms with Crippen LogP contribution in [0, 0.1) is 13.8 Å². The number of aryl methyl sites for hydroxylation is 2. The zero-order valence-corrected chi connectivity index (χ0v) is 19.6. The summed E-state index contributed by atoms with van der Waals surface area (Å²) in [6.45, 7) is 4.03. The van der Waals surface area contributed by atoms with Gasteiger partial charge in [0.25, 0.3) is 0 Å². The van der Waals surface area contributed by atoms with Gasteiger partial charge in [0, 0.05) is 40.9 Å². The van der Waals surface area contributed by atoms with Gasteiger partial charge in [-0.25, -0.2) is 9.67 Å². The average Bonchev–Trinajstić information content (AvgIpc) is 3.39. The van der Waals surface area contributed by atoms with E-state index in [1.54, 1.807) is 19.4 Å². The molecule has 3 aromatic carbocycles. The Morgan fingerprint density at radius 3 is 2.43 bits per heavy atom. The summed E-state index contributed by atoms with van der Waals surface area (Å²) in [6.07, 6.45) is 1.70. The minimum Gasteiger partial charge on any atom is -0.481 e. The summed E-state index contributed by atoms with van der Waals surface area (Å²) >= 11 is 0. The molecule has 0 aliphatic rings. The quantitative estimate of drug-likeness (QED) is 0.307. The van der Waals surface area contributed by atoms with Crippen LogP contribution in [0.3, 0.4) is 0 Å². The zero-order chi connectivity index (χ0) is 23.9. The Kier molecular flexibility index (Phi) is 4.95. The molecule has 3 heterocycles. The van der Waals surface area contributed by atoms with Crippen LogP contribution in [0.5, 0.6) is 17.4 Å². The Labute approximate surface area is 202 Å². The molecular weight excluding hydrogens is 438 g/mol. The fraction of sp³-hybridized carbons (Fsp3) is 0.107. The third-order valence-corrected chi connectivity index (χ3v) is 5.98. The first-order valence-corrected chi connectivity index (χ1v) is 11.3. The number of aromatic nitrogens is 5. The molecule has 7 nitrogen and oxygen atoms in total. The molecule has 7 heteroatoms. The van der Waals surface area contributed by atoms with Crippen LogP contribution in [0.4, 0.5) is 0 Å². The number of rotatable bonds is 5. The minimum absolute atomic E-state index is 0.509. The fourth-order valence-electron chi connectivity index (χ4n) is 4.49. The van der Waals surface area contributed by atoms with E-state index in [9.17, 15) is 0 Å². The molecule has 35 heavy (non-hydrogen) atoms. The van der Waals surface area contributed by atoms with Gasteiger partial charge in [-0.05, 0) is 50.2 Å². The number of benzene rings is 3. The van der Waals surface area contributed by atoms with E-state index >= 15 is 0 Å². The van der Waals surface area contributed by atoms with Crippen molar-refractivity contribution in [1.29, 1.82) is 0 Å². The van der Waals surface area contributed by atoms with Gasteiger partial charge in [0.1, 0.15) is 11.5 Å². The third-order valence-electron chi connectivity index (χ3n) is 5.98. The van der Waals surface area contributed by atoms with E-state index in [0.717, 1.165) is 50.4 Å². The molecule has 3 aromatic heterocycles. The normalized spacial score (nSPS) is 11.3. The largest absolute Gasteiger partial charge is 0.481 e. The number of hydrogen-bond donors (Lipinski definition) is 0. The van der Waals surface area contributed by atoms with Crippen molar-refractivity contribution in [2.75, 3.05) is 7.11 Å². The molecular formula is C28H23N5O2. The number of hydrogen-bond acceptors (Lipinski definition) is 5. The Bertz CT molecular complexity index is 1700. The van der Waals surface area contributed by atoms with Gasteiger partial charge in [-0.1, -0.05) is 24.3 Å². The van der Waals surface area contributed by atoms with Crippen molar-refractivity contribution in [3.05, 3.63) is 96.4 Å². The number of methoxy groups -OCH3 is 1. The lowest BCUT2D eigenvalue weighted by molar-refractivity contribution is 0.396. The second-order valence-corrected chi connectivity index (χ2v) is 8.37. The van der Waals surface area contributed by atoms with Gasteiger partial charge in [0.2, 0.25) is 11.8 Å². The van der Waals surface area contributed by atoms with Crippen molar-refractivity contribution in [3.63, 3.8) is 0 Å². The van der Waals surface area contributed by atoms with Crippen molar-refractivity contribution in [1.82, 2.24) is 24.3 Å². The number of fused-ring (bicyclic) bond motifs is 3. The summed E-state index contributed by atoms with van der Waals surface area (Å²) in [5.41, 5.74) is 4.97. The van der Waals surface area contributed by atoms with Crippen LogP contribution in [0.15, 0.2) is 85.1 Å². The van der Waals surface area contributed by atoms with E-state index in [0.29, 0.717) is 11.8 Å². The molecule has 0 atom stereocenters. The highest BCUT2D eigenvalue weighted by Crippen LogP contribution is 2.35. The van der Waals surface area contributed by atoms with Crippen LogP contribution >= 0.6 is 0 Å². The first kappa shape index (κ1) is 20.9. The highest BCUT2D eigenvalue weighted by atomic mass is 16.5. The summed E-state index contributed by atoms with van der Waals surface area (Å²) in [5, 5.41) is 6.80. The van der Waals surface area contributed by atoms with Gasteiger partial charge in [-0.2, -0.15) is 10.1 Å². The summed E-state index contributed by atoms with van der Waals surface area (Å²) in [4.78, 5) is 9.10. The second kappa shape index (κ2) is 8.29. The Morgan fingerprint density at radius 2 is 1.60 bits per heavy atom. The lowest BCUT2D eigenvalue weighted by Gasteiger charge is -2.10. The Balaban J connectivity index is 1.46. The van der Waals surface area contributed by atoms with E-state index in [1.165, 1.54) is 0 Å². The van der Waals surface area contributed by atoms with Gasteiger partial charge in [0.05, 0.1) is 29.5 Å². The molecule has 0 saturated carbocycles. The first-order valence-electron chi connectivity index (χ1n) is 11.3. The van der Waals surface area contributed by atoms with Crippen molar-refractivity contribution >= 4 is 21.8 Å². The van der Waals surface area contributed by atoms with Crippen molar-refractivity contribution in [2.24, 2.45) is 0 Å². The molecule has 0 N–H and O–H groups in total. The molecule has 0 bridgehead atoms. The van der Waals surface area contributed by atoms with E-state index in [4.69, 9.17) is 9.47 Å². The zero-order valence-electron chi connectivity index (χ0n) is 19.6. The molecule has 172 valence electrons. The molecule has 0 radical (unpaired) electrons. The molecule has 6 rings (SSSR count). The smallest absolute Gasteiger partial charge is 0.237 e. The van der Waals surface area contributed by atoms with Crippen molar-refractivity contribution in [2.45, 2.75) is 13.8 Å². The van der Waals surface area contributed by atoms with E-state index < -0.39 is 0 Å². The van der Waals surface area contributed by atoms with Crippen LogP contribution in [-0.4, -0.2) is 31.4 Å². The molecule has 0 spiro atoms. The second-order valence-electron chi connectivity index (χ2n) is 8.37. The number of ether oxygens (including phenoxy) is 2. The molecule has 0 aliphatic carbocycles. The predicted molar refractivity (Wildman–Crippen MR) is 136 cm³/mol. The van der Waals surface area contributed by atoms with Gasteiger partial charge >= 0.3 is 0 Å². The van der Waals surface area contributed by atoms with Gasteiger partial charge in [-0.3, -0.25) is 4.57 Å². The van der Waals surface area contributed by atoms with Crippen LogP contribution in [-0.2, 0) is 0 Å². The third kappa shape index (κ3) is 3.67. The molecule has 0 aliphatic heterocycles. The van der Waals surface area contributed by atoms with Crippen molar-refractivity contribution < 1.29 is 9.47 Å². The molecule has 0 fully saturated rings. The Morgan fingerprint density at radius 1 is 0.771 bits per heavy atom. The van der Waals surface area contributed by atoms with Gasteiger partial charge < -0.3 is 9.47 Å². The molecule has 0 unspecified atom stereocenters. The van der Waals surface area contributed by atoms with Crippen LogP contribution in [0.2, 0.25) is 0 Å². The maximum atomic E-state index is 6.31. The maximum absolute atomic E-state index is 6.31. The lowest BCUT2D eigenvalue weighted by atomic mass is 10.1. The minimum atomic E-state index is 0.509. The summed E-state index contributed by atoms with van der Waals surface area (Å²) < 4.78 is 15.6. The summed E-state index contributed by atoms with van der Waals surface area (Å²) in [7, 11) is 1.60. The van der Waals surface area contributed by atoms with Crippen LogP contribution < -0.4 is 9.47 Å². The molecule has 0 saturated heterocycles. The van der Waals surface area contributed by atoms with Crippen LogP contribution in [0.1, 0.15) is 11.4 Å². The Hall–Kier alpha value is -4.65. The highest BCUT2D eigenvalue weighted by Gasteiger charge is 2.15. The van der Waals surface area contributed by atoms with Crippen molar-refractivity contribution in [3.8, 4) is 29.0 Å². The summed E-state index contributed by atoms with van der Waals surface area (Å²) in [5.74, 6) is 2.50. The molecule has 0 amide bonds. The monoisotopic (exact) mass is 461 g/mol. The number of para-hydroxylation sites is 1. The standard InChI is InChI=1S/C28H23N5O2/c1-18-15-19(2)33(31-18)20-7-6-8-21(16-20)35-22-11-12-24-23-9-4-5-10-25(23)32(26(24)17-22)28-29-14-13-27(30-28)34-3/h4-17H,1-3H3. The number of nitrogens with zero attached hydrogens (tertiary/aromatic N) is 5. The van der Waals surface area contributed by atoms with E-state index in [-0.39, 0.29) is 0 Å². The first-order chi connectivity index (χ1) is 17.1. The van der Waals surface area contributed by atoms with E-state index in [1.807, 2.05) is 71.6 Å². The lowest BCUT2D eigenvalue weighted by Crippen LogP contribution is -2.02. The molecule has 6 aromatic rings. The summed E-state index contributed by atoms with van der Waals surface area (Å²) in [6, 6.07) is 26.0.